The molecule has 0 radical (unpaired) electrons. The van der Waals surface area contributed by atoms with Gasteiger partial charge in [-0.3, -0.25) is 10.1 Å². The van der Waals surface area contributed by atoms with Crippen molar-refractivity contribution >= 4 is 17.6 Å². The maximum absolute atomic E-state index is 11.9. The van der Waals surface area contributed by atoms with E-state index < -0.39 is 11.7 Å². The first kappa shape index (κ1) is 17.6. The Labute approximate surface area is 130 Å². The fourth-order valence-corrected chi connectivity index (χ4v) is 1.73. The molecule has 0 fully saturated rings. The lowest BCUT2D eigenvalue weighted by atomic mass is 10.1. The largest absolute Gasteiger partial charge is 0.493 e. The van der Waals surface area contributed by atoms with Gasteiger partial charge in [-0.1, -0.05) is 6.58 Å². The van der Waals surface area contributed by atoms with E-state index in [9.17, 15) is 9.59 Å². The number of anilines is 1. The number of ether oxygens (including phenoxy) is 3. The Morgan fingerprint density at radius 1 is 1.18 bits per heavy atom. The molecule has 0 aromatic heterocycles. The monoisotopic (exact) mass is 307 g/mol. The lowest BCUT2D eigenvalue weighted by Gasteiger charge is -2.21. The van der Waals surface area contributed by atoms with E-state index in [2.05, 4.69) is 11.9 Å². The topological polar surface area (TPSA) is 73.9 Å². The quantitative estimate of drug-likeness (QED) is 0.666. The number of hydrogen-bond acceptors (Lipinski definition) is 5. The van der Waals surface area contributed by atoms with Gasteiger partial charge in [0.2, 0.25) is 0 Å². The van der Waals surface area contributed by atoms with Crippen molar-refractivity contribution in [1.29, 1.82) is 0 Å². The van der Waals surface area contributed by atoms with Crippen LogP contribution in [0.4, 0.5) is 10.5 Å². The molecule has 0 aliphatic carbocycles. The molecular formula is C16H21NO5. The fraction of sp³-hybridized carbons (Fsp3) is 0.375. The zero-order chi connectivity index (χ0) is 16.9. The second-order valence-corrected chi connectivity index (χ2v) is 5.45. The number of carbonyl (C=O) groups excluding carboxylic acids is 2. The van der Waals surface area contributed by atoms with Gasteiger partial charge in [0.15, 0.2) is 17.3 Å². The lowest BCUT2D eigenvalue weighted by Crippen LogP contribution is -2.27. The van der Waals surface area contributed by atoms with Gasteiger partial charge in [0.1, 0.15) is 5.60 Å². The normalized spacial score (nSPS) is 10.6. The molecule has 0 aliphatic heterocycles. The highest BCUT2D eigenvalue weighted by Gasteiger charge is 2.20. The third-order valence-electron chi connectivity index (χ3n) is 2.58. The van der Waals surface area contributed by atoms with E-state index in [1.54, 1.807) is 20.8 Å². The van der Waals surface area contributed by atoms with E-state index >= 15 is 0 Å². The van der Waals surface area contributed by atoms with Gasteiger partial charge in [0, 0.05) is 5.56 Å². The van der Waals surface area contributed by atoms with Crippen LogP contribution in [0.25, 0.3) is 0 Å². The standard InChI is InChI=1S/C16H21NO5/c1-7-12(18)10-8-11(14(21-6)13(9-10)20-5)17-15(19)22-16(2,3)4/h7-9H,1H2,2-6H3,(H,17,19). The number of hydrogen-bond donors (Lipinski definition) is 1. The molecule has 1 amide bonds. The Morgan fingerprint density at radius 2 is 1.82 bits per heavy atom. The SMILES string of the molecule is C=CC(=O)c1cc(NC(=O)OC(C)(C)C)c(OC)c(OC)c1. The van der Waals surface area contributed by atoms with Crippen LogP contribution in [0.5, 0.6) is 11.5 Å². The molecule has 1 aromatic carbocycles. The van der Waals surface area contributed by atoms with Gasteiger partial charge in [-0.15, -0.1) is 0 Å². The fourth-order valence-electron chi connectivity index (χ4n) is 1.73. The summed E-state index contributed by atoms with van der Waals surface area (Å²) in [4.78, 5) is 23.7. The minimum absolute atomic E-state index is 0.279. The van der Waals surface area contributed by atoms with Crippen molar-refractivity contribution in [3.05, 3.63) is 30.4 Å². The Morgan fingerprint density at radius 3 is 2.27 bits per heavy atom. The second kappa shape index (κ2) is 6.98. The van der Waals surface area contributed by atoms with Crippen molar-refractivity contribution in [3.63, 3.8) is 0 Å². The van der Waals surface area contributed by atoms with E-state index in [0.29, 0.717) is 17.1 Å². The lowest BCUT2D eigenvalue weighted by molar-refractivity contribution is 0.0635. The maximum Gasteiger partial charge on any atom is 0.412 e. The number of nitrogens with one attached hydrogen (secondary N) is 1. The molecule has 0 unspecified atom stereocenters. The molecule has 0 atom stereocenters. The van der Waals surface area contributed by atoms with Crippen LogP contribution >= 0.6 is 0 Å². The zero-order valence-electron chi connectivity index (χ0n) is 13.5. The second-order valence-electron chi connectivity index (χ2n) is 5.45. The summed E-state index contributed by atoms with van der Waals surface area (Å²) in [6, 6.07) is 3.00. The van der Waals surface area contributed by atoms with Crippen LogP contribution in [0.2, 0.25) is 0 Å². The van der Waals surface area contributed by atoms with Gasteiger partial charge in [0.05, 0.1) is 19.9 Å². The van der Waals surface area contributed by atoms with Crippen molar-refractivity contribution in [2.45, 2.75) is 26.4 Å². The van der Waals surface area contributed by atoms with Gasteiger partial charge < -0.3 is 14.2 Å². The van der Waals surface area contributed by atoms with Crippen LogP contribution in [-0.2, 0) is 4.74 Å². The molecule has 0 saturated carbocycles. The Balaban J connectivity index is 3.23. The molecule has 0 aliphatic rings. The van der Waals surface area contributed by atoms with E-state index in [0.717, 1.165) is 0 Å². The average molecular weight is 307 g/mol. The van der Waals surface area contributed by atoms with E-state index in [1.807, 2.05) is 0 Å². The van der Waals surface area contributed by atoms with Gasteiger partial charge in [-0.25, -0.2) is 4.79 Å². The molecule has 22 heavy (non-hydrogen) atoms. The first-order valence-corrected chi connectivity index (χ1v) is 6.64. The molecule has 0 heterocycles. The molecule has 0 bridgehead atoms. The smallest absolute Gasteiger partial charge is 0.412 e. The van der Waals surface area contributed by atoms with Crippen LogP contribution in [0, 0.1) is 0 Å². The Kier molecular flexibility index (Phi) is 5.56. The van der Waals surface area contributed by atoms with Crippen molar-refractivity contribution in [3.8, 4) is 11.5 Å². The number of allylic oxidation sites excluding steroid dienone is 1. The maximum atomic E-state index is 11.9. The highest BCUT2D eigenvalue weighted by molar-refractivity contribution is 6.06. The number of methoxy groups -OCH3 is 2. The summed E-state index contributed by atoms with van der Waals surface area (Å²) in [6.07, 6.45) is 0.523. The predicted molar refractivity (Wildman–Crippen MR) is 83.9 cm³/mol. The highest BCUT2D eigenvalue weighted by atomic mass is 16.6. The van der Waals surface area contributed by atoms with Gasteiger partial charge in [-0.2, -0.15) is 0 Å². The molecule has 1 N–H and O–H groups in total. The van der Waals surface area contributed by atoms with Crippen molar-refractivity contribution in [2.24, 2.45) is 0 Å². The molecule has 0 spiro atoms. The number of rotatable bonds is 5. The first-order valence-electron chi connectivity index (χ1n) is 6.64. The summed E-state index contributed by atoms with van der Waals surface area (Å²) < 4.78 is 15.6. The molecule has 120 valence electrons. The summed E-state index contributed by atoms with van der Waals surface area (Å²) in [5.41, 5.74) is -0.0457. The summed E-state index contributed by atoms with van der Waals surface area (Å²) >= 11 is 0. The molecule has 1 aromatic rings. The van der Waals surface area contributed by atoms with Gasteiger partial charge in [-0.05, 0) is 39.0 Å². The van der Waals surface area contributed by atoms with Gasteiger partial charge >= 0.3 is 6.09 Å². The van der Waals surface area contributed by atoms with E-state index in [4.69, 9.17) is 14.2 Å². The summed E-state index contributed by atoms with van der Waals surface area (Å²) in [5.74, 6) is 0.323. The zero-order valence-corrected chi connectivity index (χ0v) is 13.5. The van der Waals surface area contributed by atoms with Crippen LogP contribution in [0.15, 0.2) is 24.8 Å². The highest BCUT2D eigenvalue weighted by Crippen LogP contribution is 2.37. The number of benzene rings is 1. The van der Waals surface area contributed by atoms with Crippen molar-refractivity contribution < 1.29 is 23.8 Å². The molecule has 6 heteroatoms. The third kappa shape index (κ3) is 4.51. The predicted octanol–water partition coefficient (Wildman–Crippen LogP) is 3.42. The summed E-state index contributed by atoms with van der Waals surface area (Å²) in [7, 11) is 2.88. The number of carbonyl (C=O) groups is 2. The first-order chi connectivity index (χ1) is 10.2. The van der Waals surface area contributed by atoms with Crippen LogP contribution in [0.3, 0.4) is 0 Å². The summed E-state index contributed by atoms with van der Waals surface area (Å²) in [5, 5.41) is 2.56. The minimum atomic E-state index is -0.656. The van der Waals surface area contributed by atoms with Crippen LogP contribution < -0.4 is 14.8 Å². The Bertz CT molecular complexity index is 587. The third-order valence-corrected chi connectivity index (χ3v) is 2.58. The van der Waals surface area contributed by atoms with E-state index in [-0.39, 0.29) is 11.5 Å². The van der Waals surface area contributed by atoms with Crippen LogP contribution in [-0.4, -0.2) is 31.7 Å². The number of ketones is 1. The Hall–Kier alpha value is -2.50. The van der Waals surface area contributed by atoms with Crippen molar-refractivity contribution in [1.82, 2.24) is 0 Å². The molecular weight excluding hydrogens is 286 g/mol. The average Bonchev–Trinajstić information content (AvgIpc) is 2.43. The molecule has 1 rings (SSSR count). The molecule has 6 nitrogen and oxygen atoms in total. The molecule has 0 saturated heterocycles. The van der Waals surface area contributed by atoms with E-state index in [1.165, 1.54) is 32.4 Å². The van der Waals surface area contributed by atoms with Crippen molar-refractivity contribution in [2.75, 3.05) is 19.5 Å². The minimum Gasteiger partial charge on any atom is -0.493 e. The summed E-state index contributed by atoms with van der Waals surface area (Å²) in [6.45, 7) is 8.70. The van der Waals surface area contributed by atoms with Crippen LogP contribution in [0.1, 0.15) is 31.1 Å². The van der Waals surface area contributed by atoms with Gasteiger partial charge in [0.25, 0.3) is 0 Å². The number of amides is 1.